The summed E-state index contributed by atoms with van der Waals surface area (Å²) < 4.78 is 0. The van der Waals surface area contributed by atoms with Crippen LogP contribution < -0.4 is 5.32 Å². The van der Waals surface area contributed by atoms with Crippen LogP contribution in [0.1, 0.15) is 13.3 Å². The van der Waals surface area contributed by atoms with Crippen molar-refractivity contribution in [2.75, 3.05) is 6.54 Å². The summed E-state index contributed by atoms with van der Waals surface area (Å²) in [6, 6.07) is 0. The van der Waals surface area contributed by atoms with E-state index < -0.39 is 5.97 Å². The van der Waals surface area contributed by atoms with E-state index in [-0.39, 0.29) is 5.91 Å². The highest BCUT2D eigenvalue weighted by Gasteiger charge is 2.32. The number of amides is 1. The van der Waals surface area contributed by atoms with Gasteiger partial charge in [0.05, 0.1) is 0 Å². The SMILES string of the molecule is CC1CC1CNC(=O)/C=C/C(=O)O. The highest BCUT2D eigenvalue weighted by Crippen LogP contribution is 2.36. The van der Waals surface area contributed by atoms with E-state index in [1.54, 1.807) is 0 Å². The van der Waals surface area contributed by atoms with Crippen LogP contribution >= 0.6 is 0 Å². The molecule has 0 aromatic rings. The minimum Gasteiger partial charge on any atom is -0.478 e. The van der Waals surface area contributed by atoms with E-state index in [0.29, 0.717) is 18.4 Å². The highest BCUT2D eigenvalue weighted by molar-refractivity contribution is 5.93. The first-order chi connectivity index (χ1) is 6.09. The molecule has 4 nitrogen and oxygen atoms in total. The number of carbonyl (C=O) groups excluding carboxylic acids is 1. The molecule has 0 heterocycles. The number of hydrogen-bond acceptors (Lipinski definition) is 2. The molecule has 4 heteroatoms. The van der Waals surface area contributed by atoms with Gasteiger partial charge in [-0.1, -0.05) is 6.92 Å². The molecule has 1 aliphatic carbocycles. The molecule has 1 rings (SSSR count). The average molecular weight is 183 g/mol. The molecule has 0 aromatic heterocycles. The molecule has 2 N–H and O–H groups in total. The smallest absolute Gasteiger partial charge is 0.328 e. The van der Waals surface area contributed by atoms with Gasteiger partial charge in [0.1, 0.15) is 0 Å². The first-order valence-corrected chi connectivity index (χ1v) is 4.28. The minimum atomic E-state index is -1.10. The van der Waals surface area contributed by atoms with Crippen LogP contribution in [0.4, 0.5) is 0 Å². The van der Waals surface area contributed by atoms with Crippen molar-refractivity contribution in [2.24, 2.45) is 11.8 Å². The van der Waals surface area contributed by atoms with Gasteiger partial charge in [0, 0.05) is 18.7 Å². The third-order valence-corrected chi connectivity index (χ3v) is 2.19. The molecule has 0 radical (unpaired) electrons. The van der Waals surface area contributed by atoms with Crippen LogP contribution in [0.5, 0.6) is 0 Å². The Labute approximate surface area is 76.6 Å². The third-order valence-electron chi connectivity index (χ3n) is 2.19. The van der Waals surface area contributed by atoms with Gasteiger partial charge >= 0.3 is 5.97 Å². The van der Waals surface area contributed by atoms with Crippen molar-refractivity contribution in [3.8, 4) is 0 Å². The Hall–Kier alpha value is -1.32. The molecular formula is C9H13NO3. The maximum atomic E-state index is 10.9. The Morgan fingerprint density at radius 2 is 2.15 bits per heavy atom. The van der Waals surface area contributed by atoms with Crippen molar-refractivity contribution in [3.05, 3.63) is 12.2 Å². The molecule has 1 amide bonds. The molecule has 0 spiro atoms. The van der Waals surface area contributed by atoms with Crippen LogP contribution in [0.3, 0.4) is 0 Å². The van der Waals surface area contributed by atoms with E-state index in [4.69, 9.17) is 5.11 Å². The van der Waals surface area contributed by atoms with Gasteiger partial charge < -0.3 is 10.4 Å². The predicted molar refractivity (Wildman–Crippen MR) is 47.1 cm³/mol. The van der Waals surface area contributed by atoms with Crippen molar-refractivity contribution in [1.29, 1.82) is 0 Å². The van der Waals surface area contributed by atoms with Gasteiger partial charge in [-0.15, -0.1) is 0 Å². The maximum Gasteiger partial charge on any atom is 0.328 e. The van der Waals surface area contributed by atoms with Crippen LogP contribution in [0, 0.1) is 11.8 Å². The monoisotopic (exact) mass is 183 g/mol. The lowest BCUT2D eigenvalue weighted by atomic mass is 10.3. The van der Waals surface area contributed by atoms with Crippen LogP contribution in [-0.2, 0) is 9.59 Å². The quantitative estimate of drug-likeness (QED) is 0.620. The summed E-state index contributed by atoms with van der Waals surface area (Å²) in [5.74, 6) is -0.151. The predicted octanol–water partition coefficient (Wildman–Crippen LogP) is 0.399. The van der Waals surface area contributed by atoms with Gasteiger partial charge in [0.15, 0.2) is 0 Å². The summed E-state index contributed by atoms with van der Waals surface area (Å²) in [7, 11) is 0. The Morgan fingerprint density at radius 3 is 2.62 bits per heavy atom. The fourth-order valence-electron chi connectivity index (χ4n) is 1.12. The molecule has 0 bridgehead atoms. The van der Waals surface area contributed by atoms with E-state index in [9.17, 15) is 9.59 Å². The van der Waals surface area contributed by atoms with Crippen molar-refractivity contribution in [2.45, 2.75) is 13.3 Å². The second kappa shape index (κ2) is 4.07. The number of carboxylic acids is 1. The summed E-state index contributed by atoms with van der Waals surface area (Å²) >= 11 is 0. The molecule has 1 saturated carbocycles. The first-order valence-electron chi connectivity index (χ1n) is 4.28. The third kappa shape index (κ3) is 3.73. The van der Waals surface area contributed by atoms with Crippen LogP contribution in [0.15, 0.2) is 12.2 Å². The normalized spacial score (nSPS) is 25.9. The molecule has 0 aromatic carbocycles. The number of carbonyl (C=O) groups is 2. The topological polar surface area (TPSA) is 66.4 Å². The number of rotatable bonds is 4. The second-order valence-electron chi connectivity index (χ2n) is 3.39. The van der Waals surface area contributed by atoms with Gasteiger partial charge in [0.2, 0.25) is 5.91 Å². The fourth-order valence-corrected chi connectivity index (χ4v) is 1.12. The van der Waals surface area contributed by atoms with E-state index in [1.807, 2.05) is 0 Å². The molecule has 0 saturated heterocycles. The first kappa shape index (κ1) is 9.77. The molecule has 1 fully saturated rings. The van der Waals surface area contributed by atoms with Gasteiger partial charge in [0.25, 0.3) is 0 Å². The van der Waals surface area contributed by atoms with Crippen molar-refractivity contribution >= 4 is 11.9 Å². The number of aliphatic carboxylic acids is 1. The minimum absolute atomic E-state index is 0.332. The van der Waals surface area contributed by atoms with E-state index in [2.05, 4.69) is 12.2 Å². The zero-order valence-electron chi connectivity index (χ0n) is 7.49. The largest absolute Gasteiger partial charge is 0.478 e. The van der Waals surface area contributed by atoms with Gasteiger partial charge in [-0.25, -0.2) is 4.79 Å². The second-order valence-corrected chi connectivity index (χ2v) is 3.39. The molecule has 0 aliphatic heterocycles. The van der Waals surface area contributed by atoms with E-state index >= 15 is 0 Å². The van der Waals surface area contributed by atoms with Crippen LogP contribution in [-0.4, -0.2) is 23.5 Å². The average Bonchev–Trinajstić information content (AvgIpc) is 2.75. The van der Waals surface area contributed by atoms with Crippen molar-refractivity contribution in [1.82, 2.24) is 5.32 Å². The molecular weight excluding hydrogens is 170 g/mol. The van der Waals surface area contributed by atoms with E-state index in [0.717, 1.165) is 18.6 Å². The van der Waals surface area contributed by atoms with E-state index in [1.165, 1.54) is 0 Å². The Balaban J connectivity index is 2.14. The van der Waals surface area contributed by atoms with Gasteiger partial charge in [-0.05, 0) is 18.3 Å². The lowest BCUT2D eigenvalue weighted by Gasteiger charge is -1.98. The highest BCUT2D eigenvalue weighted by atomic mass is 16.4. The van der Waals surface area contributed by atoms with Gasteiger partial charge in [-0.3, -0.25) is 4.79 Å². The number of hydrogen-bond donors (Lipinski definition) is 2. The maximum absolute atomic E-state index is 10.9. The summed E-state index contributed by atoms with van der Waals surface area (Å²) in [5, 5.41) is 10.9. The molecule has 72 valence electrons. The van der Waals surface area contributed by atoms with Crippen LogP contribution in [0.2, 0.25) is 0 Å². The fraction of sp³-hybridized carbons (Fsp3) is 0.556. The van der Waals surface area contributed by atoms with Crippen LogP contribution in [0.25, 0.3) is 0 Å². The summed E-state index contributed by atoms with van der Waals surface area (Å²) in [5.41, 5.74) is 0. The zero-order valence-corrected chi connectivity index (χ0v) is 7.49. The molecule has 13 heavy (non-hydrogen) atoms. The van der Waals surface area contributed by atoms with Crippen molar-refractivity contribution in [3.63, 3.8) is 0 Å². The standard InChI is InChI=1S/C9H13NO3/c1-6-4-7(6)5-10-8(11)2-3-9(12)13/h2-3,6-7H,4-5H2,1H3,(H,10,11)(H,12,13)/b3-2+. The summed E-state index contributed by atoms with van der Waals surface area (Å²) in [6.45, 7) is 2.79. The Kier molecular flexibility index (Phi) is 3.06. The summed E-state index contributed by atoms with van der Waals surface area (Å²) in [4.78, 5) is 21.0. The van der Waals surface area contributed by atoms with Gasteiger partial charge in [-0.2, -0.15) is 0 Å². The Morgan fingerprint density at radius 1 is 1.54 bits per heavy atom. The molecule has 2 unspecified atom stereocenters. The summed E-state index contributed by atoms with van der Waals surface area (Å²) in [6.07, 6.45) is 3.03. The zero-order chi connectivity index (χ0) is 9.84. The number of carboxylic acid groups (broad SMARTS) is 1. The lowest BCUT2D eigenvalue weighted by Crippen LogP contribution is -2.23. The molecule has 1 aliphatic rings. The van der Waals surface area contributed by atoms with Crippen molar-refractivity contribution < 1.29 is 14.7 Å². The number of nitrogens with one attached hydrogen (secondary N) is 1. The lowest BCUT2D eigenvalue weighted by molar-refractivity contribution is -0.131. The molecule has 2 atom stereocenters. The Bertz CT molecular complexity index is 247.